The summed E-state index contributed by atoms with van der Waals surface area (Å²) in [5.41, 5.74) is 0.753. The van der Waals surface area contributed by atoms with Crippen LogP contribution < -0.4 is 0 Å². The van der Waals surface area contributed by atoms with Crippen LogP contribution in [0, 0.1) is 35.3 Å². The van der Waals surface area contributed by atoms with Gasteiger partial charge in [-0.15, -0.1) is 0 Å². The molecule has 0 saturated heterocycles. The van der Waals surface area contributed by atoms with Crippen LogP contribution in [0.25, 0.3) is 0 Å². The molecular formula is C25H34F2O. The van der Waals surface area contributed by atoms with E-state index in [-0.39, 0.29) is 17.4 Å². The minimum atomic E-state index is -0.499. The molecule has 3 heteroatoms. The van der Waals surface area contributed by atoms with Gasteiger partial charge in [-0.25, -0.2) is 8.78 Å². The van der Waals surface area contributed by atoms with Crippen molar-refractivity contribution in [2.75, 3.05) is 6.61 Å². The first-order chi connectivity index (χ1) is 13.6. The van der Waals surface area contributed by atoms with E-state index in [0.717, 1.165) is 56.6 Å². The van der Waals surface area contributed by atoms with Crippen molar-refractivity contribution in [2.24, 2.45) is 11.8 Å². The fraction of sp³-hybridized carbons (Fsp3) is 0.680. The van der Waals surface area contributed by atoms with E-state index in [0.29, 0.717) is 6.10 Å². The van der Waals surface area contributed by atoms with E-state index in [1.807, 2.05) is 6.92 Å². The molecule has 0 aliphatic heterocycles. The van der Waals surface area contributed by atoms with Crippen LogP contribution >= 0.6 is 0 Å². The fourth-order valence-electron chi connectivity index (χ4n) is 4.92. The highest BCUT2D eigenvalue weighted by Crippen LogP contribution is 2.38. The van der Waals surface area contributed by atoms with Crippen LogP contribution in [0.1, 0.15) is 95.1 Å². The highest BCUT2D eigenvalue weighted by atomic mass is 19.1. The Labute approximate surface area is 169 Å². The summed E-state index contributed by atoms with van der Waals surface area (Å²) in [5, 5.41) is 0. The summed E-state index contributed by atoms with van der Waals surface area (Å²) < 4.78 is 34.9. The first-order valence-corrected chi connectivity index (χ1v) is 11.2. The van der Waals surface area contributed by atoms with Gasteiger partial charge in [-0.3, -0.25) is 0 Å². The molecule has 154 valence electrons. The summed E-state index contributed by atoms with van der Waals surface area (Å²) >= 11 is 0. The van der Waals surface area contributed by atoms with Gasteiger partial charge in [0.05, 0.1) is 11.7 Å². The first-order valence-electron chi connectivity index (χ1n) is 11.2. The van der Waals surface area contributed by atoms with Gasteiger partial charge < -0.3 is 4.74 Å². The van der Waals surface area contributed by atoms with Crippen molar-refractivity contribution >= 4 is 0 Å². The van der Waals surface area contributed by atoms with Crippen LogP contribution in [-0.2, 0) is 4.74 Å². The molecule has 2 saturated carbocycles. The SMILES string of the molecule is CCCC1CCC(c2cc(F)c(C#CC3CCC(OCC)CC3)c(F)c2)CC1. The second-order valence-corrected chi connectivity index (χ2v) is 8.56. The molecule has 3 rings (SSSR count). The van der Waals surface area contributed by atoms with Crippen LogP contribution in [0.5, 0.6) is 0 Å². The summed E-state index contributed by atoms with van der Waals surface area (Å²) in [5.74, 6) is 6.22. The minimum Gasteiger partial charge on any atom is -0.379 e. The molecule has 0 unspecified atom stereocenters. The zero-order valence-corrected chi connectivity index (χ0v) is 17.4. The first kappa shape index (κ1) is 21.3. The van der Waals surface area contributed by atoms with Crippen molar-refractivity contribution < 1.29 is 13.5 Å². The van der Waals surface area contributed by atoms with E-state index >= 15 is 0 Å². The lowest BCUT2D eigenvalue weighted by molar-refractivity contribution is 0.0310. The summed E-state index contributed by atoms with van der Waals surface area (Å²) in [6, 6.07) is 3.06. The number of benzene rings is 1. The third-order valence-corrected chi connectivity index (χ3v) is 6.56. The van der Waals surface area contributed by atoms with Crippen molar-refractivity contribution in [1.29, 1.82) is 0 Å². The molecule has 0 bridgehead atoms. The maximum absolute atomic E-state index is 14.6. The van der Waals surface area contributed by atoms with Crippen LogP contribution in [0.15, 0.2) is 12.1 Å². The second kappa shape index (κ2) is 10.4. The van der Waals surface area contributed by atoms with Gasteiger partial charge in [0, 0.05) is 12.5 Å². The molecule has 2 fully saturated rings. The predicted octanol–water partition coefficient (Wildman–Crippen LogP) is 6.99. The monoisotopic (exact) mass is 388 g/mol. The van der Waals surface area contributed by atoms with Crippen molar-refractivity contribution in [2.45, 2.75) is 90.1 Å². The van der Waals surface area contributed by atoms with Gasteiger partial charge in [0.1, 0.15) is 11.6 Å². The van der Waals surface area contributed by atoms with Gasteiger partial charge in [-0.2, -0.15) is 0 Å². The normalized spacial score (nSPS) is 27.9. The number of hydrogen-bond donors (Lipinski definition) is 0. The van der Waals surface area contributed by atoms with Crippen molar-refractivity contribution in [3.05, 3.63) is 34.9 Å². The molecule has 0 amide bonds. The zero-order valence-electron chi connectivity index (χ0n) is 17.4. The molecule has 1 nitrogen and oxygen atoms in total. The Morgan fingerprint density at radius 2 is 1.57 bits per heavy atom. The fourth-order valence-corrected chi connectivity index (χ4v) is 4.92. The van der Waals surface area contributed by atoms with Crippen LogP contribution in [0.4, 0.5) is 8.78 Å². The molecule has 1 aromatic rings. The third-order valence-electron chi connectivity index (χ3n) is 6.56. The lowest BCUT2D eigenvalue weighted by Crippen LogP contribution is -2.20. The van der Waals surface area contributed by atoms with Gasteiger partial charge in [0.2, 0.25) is 0 Å². The molecule has 2 aliphatic carbocycles. The maximum atomic E-state index is 14.6. The maximum Gasteiger partial charge on any atom is 0.142 e. The van der Waals surface area contributed by atoms with E-state index in [2.05, 4.69) is 18.8 Å². The molecule has 0 N–H and O–H groups in total. The van der Waals surface area contributed by atoms with Gasteiger partial charge in [0.25, 0.3) is 0 Å². The Kier molecular flexibility index (Phi) is 7.91. The topological polar surface area (TPSA) is 9.23 Å². The number of ether oxygens (including phenoxy) is 1. The Morgan fingerprint density at radius 1 is 0.929 bits per heavy atom. The summed E-state index contributed by atoms with van der Waals surface area (Å²) in [4.78, 5) is 0. The van der Waals surface area contributed by atoms with E-state index in [1.165, 1.54) is 37.8 Å². The van der Waals surface area contributed by atoms with Crippen molar-refractivity contribution in [3.8, 4) is 11.8 Å². The van der Waals surface area contributed by atoms with Crippen LogP contribution in [0.3, 0.4) is 0 Å². The van der Waals surface area contributed by atoms with E-state index in [4.69, 9.17) is 4.74 Å². The van der Waals surface area contributed by atoms with Gasteiger partial charge >= 0.3 is 0 Å². The van der Waals surface area contributed by atoms with E-state index < -0.39 is 11.6 Å². The minimum absolute atomic E-state index is 0.0599. The van der Waals surface area contributed by atoms with Crippen LogP contribution in [0.2, 0.25) is 0 Å². The lowest BCUT2D eigenvalue weighted by Gasteiger charge is -2.28. The Morgan fingerprint density at radius 3 is 2.14 bits per heavy atom. The smallest absolute Gasteiger partial charge is 0.142 e. The lowest BCUT2D eigenvalue weighted by atomic mass is 9.77. The van der Waals surface area contributed by atoms with Crippen LogP contribution in [-0.4, -0.2) is 12.7 Å². The predicted molar refractivity (Wildman–Crippen MR) is 110 cm³/mol. The van der Waals surface area contributed by atoms with Gasteiger partial charge in [0.15, 0.2) is 0 Å². The molecule has 0 atom stereocenters. The zero-order chi connectivity index (χ0) is 19.9. The Hall–Kier alpha value is -1.40. The van der Waals surface area contributed by atoms with Gasteiger partial charge in [-0.05, 0) is 87.8 Å². The largest absolute Gasteiger partial charge is 0.379 e. The Balaban J connectivity index is 1.62. The quantitative estimate of drug-likeness (QED) is 0.494. The average Bonchev–Trinajstić information content (AvgIpc) is 2.69. The van der Waals surface area contributed by atoms with E-state index in [1.54, 1.807) is 0 Å². The molecule has 0 spiro atoms. The van der Waals surface area contributed by atoms with E-state index in [9.17, 15) is 8.78 Å². The number of rotatable bonds is 5. The highest BCUT2D eigenvalue weighted by molar-refractivity contribution is 5.40. The van der Waals surface area contributed by atoms with Crippen molar-refractivity contribution in [3.63, 3.8) is 0 Å². The molecule has 2 aliphatic rings. The molecule has 0 aromatic heterocycles. The standard InChI is InChI=1S/C25H34F2O/c1-3-5-18-6-11-20(12-7-18)21-16-24(26)23(25(27)17-21)15-10-19-8-13-22(14-9-19)28-4-2/h16-20,22H,3-9,11-14H2,1-2H3. The molecule has 1 aromatic carbocycles. The summed E-state index contributed by atoms with van der Waals surface area (Å²) in [6.07, 6.45) is 11.1. The molecular weight excluding hydrogens is 354 g/mol. The second-order valence-electron chi connectivity index (χ2n) is 8.56. The molecule has 0 heterocycles. The number of hydrogen-bond acceptors (Lipinski definition) is 1. The van der Waals surface area contributed by atoms with Crippen molar-refractivity contribution in [1.82, 2.24) is 0 Å². The number of halogens is 2. The third kappa shape index (κ3) is 5.57. The summed E-state index contributed by atoms with van der Waals surface area (Å²) in [6.45, 7) is 4.98. The Bertz CT molecular complexity index is 663. The average molecular weight is 389 g/mol. The molecule has 28 heavy (non-hydrogen) atoms. The highest BCUT2D eigenvalue weighted by Gasteiger charge is 2.24. The van der Waals surface area contributed by atoms with Gasteiger partial charge in [-0.1, -0.05) is 31.6 Å². The molecule has 0 radical (unpaired) electrons. The summed E-state index contributed by atoms with van der Waals surface area (Å²) in [7, 11) is 0.